The number of rotatable bonds is 3. The second-order valence-electron chi connectivity index (χ2n) is 6.01. The summed E-state index contributed by atoms with van der Waals surface area (Å²) in [6.07, 6.45) is 1.39. The summed E-state index contributed by atoms with van der Waals surface area (Å²) in [6, 6.07) is 20.1. The van der Waals surface area contributed by atoms with E-state index in [0.717, 1.165) is 5.06 Å². The zero-order valence-corrected chi connectivity index (χ0v) is 16.0. The fraction of sp³-hybridized carbons (Fsp3) is 0. The fourth-order valence-electron chi connectivity index (χ4n) is 2.98. The van der Waals surface area contributed by atoms with Crippen molar-refractivity contribution in [3.8, 4) is 0 Å². The van der Waals surface area contributed by atoms with Crippen molar-refractivity contribution in [2.45, 2.75) is 4.90 Å². The molecule has 0 radical (unpaired) electrons. The molecule has 0 atom stereocenters. The molecule has 0 aliphatic carbocycles. The Morgan fingerprint density at radius 2 is 1.39 bits per heavy atom. The average Bonchev–Trinajstić information content (AvgIpc) is 2.71. The number of hydrogen-bond acceptors (Lipinski definition) is 5. The van der Waals surface area contributed by atoms with E-state index in [1.165, 1.54) is 30.5 Å². The number of anilines is 2. The second kappa shape index (κ2) is 7.20. The maximum absolute atomic E-state index is 12.3. The lowest BCUT2D eigenvalue weighted by Gasteiger charge is -2.29. The summed E-state index contributed by atoms with van der Waals surface area (Å²) in [5, 5.41) is 15.9. The summed E-state index contributed by atoms with van der Waals surface area (Å²) in [5.74, 6) is 0. The Hall–Kier alpha value is -3.00. The van der Waals surface area contributed by atoms with Crippen LogP contribution in [-0.2, 0) is 10.0 Å². The van der Waals surface area contributed by atoms with Crippen LogP contribution in [0.1, 0.15) is 11.1 Å². The van der Waals surface area contributed by atoms with Gasteiger partial charge in [-0.25, -0.2) is 5.06 Å². The van der Waals surface area contributed by atoms with Crippen molar-refractivity contribution >= 4 is 38.6 Å². The van der Waals surface area contributed by atoms with Crippen LogP contribution in [0.25, 0.3) is 5.57 Å². The Morgan fingerprint density at radius 3 is 1.96 bits per heavy atom. The van der Waals surface area contributed by atoms with Gasteiger partial charge in [-0.15, -0.1) is 5.11 Å². The molecule has 0 bridgehead atoms. The van der Waals surface area contributed by atoms with Crippen LogP contribution < -0.4 is 5.06 Å². The molecule has 1 aliphatic heterocycles. The minimum atomic E-state index is -3.95. The van der Waals surface area contributed by atoms with Gasteiger partial charge < -0.3 is 0 Å². The zero-order chi connectivity index (χ0) is 19.7. The highest BCUT2D eigenvalue weighted by molar-refractivity contribution is 7.90. The molecule has 0 aromatic heterocycles. The number of para-hydroxylation sites is 2. The van der Waals surface area contributed by atoms with E-state index in [4.69, 9.17) is 11.6 Å². The van der Waals surface area contributed by atoms with Gasteiger partial charge in [-0.05, 0) is 36.4 Å². The van der Waals surface area contributed by atoms with Gasteiger partial charge in [0.1, 0.15) is 0 Å². The van der Waals surface area contributed by atoms with Gasteiger partial charge >= 0.3 is 0 Å². The van der Waals surface area contributed by atoms with E-state index >= 15 is 0 Å². The Morgan fingerprint density at radius 1 is 0.857 bits per heavy atom. The summed E-state index contributed by atoms with van der Waals surface area (Å²) in [5.41, 5.74) is 3.23. The summed E-state index contributed by atoms with van der Waals surface area (Å²) < 4.78 is 28.2. The lowest BCUT2D eigenvalue weighted by Crippen LogP contribution is -2.18. The van der Waals surface area contributed by atoms with Crippen molar-refractivity contribution in [1.82, 2.24) is 0 Å². The van der Waals surface area contributed by atoms with Crippen LogP contribution in [0.2, 0.25) is 5.02 Å². The molecule has 6 nitrogen and oxygen atoms in total. The monoisotopic (exact) mass is 411 g/mol. The van der Waals surface area contributed by atoms with E-state index in [2.05, 4.69) is 9.63 Å². The zero-order valence-electron chi connectivity index (χ0n) is 14.4. The maximum Gasteiger partial charge on any atom is 0.299 e. The molecule has 0 saturated carbocycles. The van der Waals surface area contributed by atoms with Crippen LogP contribution in [0, 0.1) is 0 Å². The van der Waals surface area contributed by atoms with Gasteiger partial charge in [0.15, 0.2) is 0 Å². The van der Waals surface area contributed by atoms with Gasteiger partial charge in [-0.1, -0.05) is 52.5 Å². The summed E-state index contributed by atoms with van der Waals surface area (Å²) in [7, 11) is -3.95. The molecule has 3 aromatic rings. The lowest BCUT2D eigenvalue weighted by atomic mass is 9.92. The predicted octanol–water partition coefficient (Wildman–Crippen LogP) is 5.41. The molecular weight excluding hydrogens is 398 g/mol. The first-order valence-electron chi connectivity index (χ1n) is 8.28. The van der Waals surface area contributed by atoms with Crippen LogP contribution in [0.5, 0.6) is 0 Å². The summed E-state index contributed by atoms with van der Waals surface area (Å²) in [4.78, 5) is 0.00466. The first-order chi connectivity index (χ1) is 13.5. The largest absolute Gasteiger partial charge is 0.299 e. The maximum atomic E-state index is 12.3. The molecule has 3 aromatic carbocycles. The van der Waals surface area contributed by atoms with E-state index in [0.29, 0.717) is 33.1 Å². The van der Waals surface area contributed by atoms with E-state index in [9.17, 15) is 13.6 Å². The van der Waals surface area contributed by atoms with Crippen molar-refractivity contribution in [3.05, 3.63) is 95.1 Å². The number of nitrogens with zero attached hydrogens (tertiary/aromatic N) is 3. The smallest absolute Gasteiger partial charge is 0.283 e. The molecule has 0 spiro atoms. The highest BCUT2D eigenvalue weighted by Crippen LogP contribution is 2.43. The van der Waals surface area contributed by atoms with Crippen molar-refractivity contribution in [3.63, 3.8) is 0 Å². The number of hydrogen-bond donors (Lipinski definition) is 1. The quantitative estimate of drug-likeness (QED) is 0.584. The van der Waals surface area contributed by atoms with Gasteiger partial charge in [-0.3, -0.25) is 5.21 Å². The first kappa shape index (κ1) is 18.4. The molecule has 28 heavy (non-hydrogen) atoms. The van der Waals surface area contributed by atoms with Crippen molar-refractivity contribution in [2.75, 3.05) is 5.06 Å². The van der Waals surface area contributed by atoms with Gasteiger partial charge in [0.2, 0.25) is 0 Å². The minimum Gasteiger partial charge on any atom is -0.283 e. The van der Waals surface area contributed by atoms with Crippen LogP contribution in [-0.4, -0.2) is 13.6 Å². The topological polar surface area (TPSA) is 82.3 Å². The SMILES string of the molecule is O=S(=O)(N=NC=C1c2ccccc2N(O)c2ccccc21)c1ccc(Cl)cc1. The molecule has 1 heterocycles. The average molecular weight is 412 g/mol. The predicted molar refractivity (Wildman–Crippen MR) is 107 cm³/mol. The molecule has 4 rings (SSSR count). The van der Waals surface area contributed by atoms with Crippen molar-refractivity contribution in [1.29, 1.82) is 0 Å². The standard InChI is InChI=1S/C20H14ClN3O3S/c21-14-9-11-15(12-10-14)28(26,27)23-22-13-18-16-5-1-3-7-19(16)24(25)20-8-4-2-6-17(18)20/h1-13,25H. The highest BCUT2D eigenvalue weighted by Gasteiger charge is 2.25. The Bertz CT molecular complexity index is 1160. The van der Waals surface area contributed by atoms with Crippen molar-refractivity contribution in [2.24, 2.45) is 9.63 Å². The third-order valence-electron chi connectivity index (χ3n) is 4.30. The molecular formula is C20H14ClN3O3S. The molecule has 1 aliphatic rings. The number of halogens is 1. The van der Waals surface area contributed by atoms with E-state index in [-0.39, 0.29) is 4.90 Å². The third-order valence-corrected chi connectivity index (χ3v) is 5.73. The van der Waals surface area contributed by atoms with Crippen LogP contribution in [0.3, 0.4) is 0 Å². The van der Waals surface area contributed by atoms with Gasteiger partial charge in [0.05, 0.1) is 22.5 Å². The van der Waals surface area contributed by atoms with Gasteiger partial charge in [0, 0.05) is 21.7 Å². The molecule has 8 heteroatoms. The van der Waals surface area contributed by atoms with Crippen LogP contribution in [0.4, 0.5) is 11.4 Å². The van der Waals surface area contributed by atoms with E-state index < -0.39 is 10.0 Å². The summed E-state index contributed by atoms with van der Waals surface area (Å²) >= 11 is 5.79. The number of fused-ring (bicyclic) bond motifs is 2. The molecule has 0 fully saturated rings. The lowest BCUT2D eigenvalue weighted by molar-refractivity contribution is 0.299. The van der Waals surface area contributed by atoms with Crippen molar-refractivity contribution < 1.29 is 13.6 Å². The summed E-state index contributed by atoms with van der Waals surface area (Å²) in [6.45, 7) is 0. The second-order valence-corrected chi connectivity index (χ2v) is 8.04. The fourth-order valence-corrected chi connectivity index (χ4v) is 3.85. The minimum absolute atomic E-state index is 0.00466. The molecule has 1 N–H and O–H groups in total. The molecule has 140 valence electrons. The van der Waals surface area contributed by atoms with Gasteiger partial charge in [0.25, 0.3) is 10.0 Å². The van der Waals surface area contributed by atoms with Crippen LogP contribution in [0.15, 0.2) is 93.5 Å². The van der Waals surface area contributed by atoms with E-state index in [1.807, 2.05) is 24.3 Å². The highest BCUT2D eigenvalue weighted by atomic mass is 35.5. The number of sulfonamides is 1. The molecule has 0 saturated heterocycles. The normalized spacial score (nSPS) is 13.4. The van der Waals surface area contributed by atoms with Gasteiger partial charge in [-0.2, -0.15) is 8.42 Å². The Balaban J connectivity index is 1.77. The molecule has 0 amide bonds. The number of benzene rings is 3. The third kappa shape index (κ3) is 3.31. The molecule has 0 unspecified atom stereocenters. The van der Waals surface area contributed by atoms with Crippen LogP contribution >= 0.6 is 11.6 Å². The first-order valence-corrected chi connectivity index (χ1v) is 10.1. The Kier molecular flexibility index (Phi) is 4.72. The van der Waals surface area contributed by atoms with E-state index in [1.54, 1.807) is 24.3 Å². The Labute approximate surface area is 167 Å².